The number of benzene rings is 1. The Hall–Kier alpha value is -3.77. The first-order chi connectivity index (χ1) is 18.7. The molecule has 0 bridgehead atoms. The lowest BCUT2D eigenvalue weighted by Gasteiger charge is -2.19. The number of nitrogens with two attached hydrogens (primary N) is 3. The zero-order chi connectivity index (χ0) is 29.9. The van der Waals surface area contributed by atoms with Gasteiger partial charge in [0, 0.05) is 31.8 Å². The van der Waals surface area contributed by atoms with Gasteiger partial charge in [0.25, 0.3) is 0 Å². The van der Waals surface area contributed by atoms with E-state index in [2.05, 4.69) is 9.97 Å². The van der Waals surface area contributed by atoms with Crippen LogP contribution in [0.15, 0.2) is 38.6 Å². The molecule has 1 aromatic carbocycles. The van der Waals surface area contributed by atoms with Gasteiger partial charge in [0.1, 0.15) is 28.2 Å². The zero-order valence-corrected chi connectivity index (χ0v) is 23.0. The Morgan fingerprint density at radius 3 is 1.60 bits per heavy atom. The van der Waals surface area contributed by atoms with Crippen molar-refractivity contribution in [3.05, 3.63) is 35.7 Å². The van der Waals surface area contributed by atoms with Crippen molar-refractivity contribution in [2.45, 2.75) is 57.2 Å². The van der Waals surface area contributed by atoms with Gasteiger partial charge in [0.2, 0.25) is 0 Å². The summed E-state index contributed by atoms with van der Waals surface area (Å²) in [5.74, 6) is -4.81. The molecule has 3 rings (SSSR count). The molecule has 0 aliphatic carbocycles. The number of rotatable bonds is 13. The predicted molar refractivity (Wildman–Crippen MR) is 142 cm³/mol. The lowest BCUT2D eigenvalue weighted by Crippen LogP contribution is -2.32. The lowest BCUT2D eigenvalue weighted by molar-refractivity contribution is -0.139. The van der Waals surface area contributed by atoms with Crippen LogP contribution in [0.3, 0.4) is 0 Å². The highest BCUT2D eigenvalue weighted by Gasteiger charge is 2.28. The summed E-state index contributed by atoms with van der Waals surface area (Å²) in [5.41, 5.74) is 18.2. The number of phenols is 2. The van der Waals surface area contributed by atoms with Crippen LogP contribution in [-0.4, -0.2) is 80.7 Å². The zero-order valence-electron chi connectivity index (χ0n) is 21.4. The van der Waals surface area contributed by atoms with Gasteiger partial charge in [-0.1, -0.05) is 23.5 Å². The molecule has 0 aliphatic heterocycles. The maximum absolute atomic E-state index is 11.6. The van der Waals surface area contributed by atoms with Gasteiger partial charge >= 0.3 is 17.9 Å². The molecular formula is C23H29N7O8S2. The Morgan fingerprint density at radius 1 is 0.775 bits per heavy atom. The molecule has 0 saturated heterocycles. The summed E-state index contributed by atoms with van der Waals surface area (Å²) < 4.78 is 3.19. The quantitative estimate of drug-likeness (QED) is 0.118. The largest absolute Gasteiger partial charge is 0.504 e. The minimum absolute atomic E-state index is 0.0982. The Balaban J connectivity index is 2.18. The maximum atomic E-state index is 11.6. The van der Waals surface area contributed by atoms with Gasteiger partial charge in [-0.3, -0.25) is 14.4 Å². The Labute approximate surface area is 236 Å². The average molecular weight is 596 g/mol. The molecule has 0 saturated carbocycles. The summed E-state index contributed by atoms with van der Waals surface area (Å²) >= 11 is 2.00. The summed E-state index contributed by atoms with van der Waals surface area (Å²) in [6.45, 7) is 0. The van der Waals surface area contributed by atoms with Crippen LogP contribution >= 0.6 is 23.5 Å². The third-order valence-corrected chi connectivity index (χ3v) is 8.63. The summed E-state index contributed by atoms with van der Waals surface area (Å²) in [4.78, 5) is 43.1. The van der Waals surface area contributed by atoms with Crippen molar-refractivity contribution in [1.29, 1.82) is 0 Å². The maximum Gasteiger partial charge on any atom is 0.320 e. The minimum Gasteiger partial charge on any atom is -0.504 e. The topological polar surface area (TPSA) is 266 Å². The van der Waals surface area contributed by atoms with Gasteiger partial charge in [-0.2, -0.15) is 0 Å². The summed E-state index contributed by atoms with van der Waals surface area (Å²) in [6.07, 6.45) is 2.41. The molecule has 3 aromatic rings. The molecule has 216 valence electrons. The molecule has 11 N–H and O–H groups in total. The van der Waals surface area contributed by atoms with Crippen LogP contribution in [0, 0.1) is 0 Å². The monoisotopic (exact) mass is 595 g/mol. The van der Waals surface area contributed by atoms with Crippen molar-refractivity contribution in [3.8, 4) is 11.5 Å². The first kappa shape index (κ1) is 30.8. The number of hydrogen-bond acceptors (Lipinski definition) is 12. The fourth-order valence-corrected chi connectivity index (χ4v) is 6.03. The van der Waals surface area contributed by atoms with Crippen molar-refractivity contribution >= 4 is 41.4 Å². The van der Waals surface area contributed by atoms with Gasteiger partial charge in [-0.15, -0.1) is 0 Å². The standard InChI is InChI=1S/C23H29N7O8S2/c1-29-7-27-13(5-11(25)22(35)36)19(29)39-17-9(3-10(24)21(33)34)4-15(31)16(32)18(17)40-20-14(28-8-30(20)2)6-12(26)23(37)38/h4,7-8,10-12,31-32H,3,5-6,24-26H2,1-2H3,(H,33,34)(H,35,36)(H,37,38). The highest BCUT2D eigenvalue weighted by molar-refractivity contribution is 8.02. The number of aromatic nitrogens is 4. The van der Waals surface area contributed by atoms with E-state index in [0.29, 0.717) is 26.3 Å². The molecule has 2 aromatic heterocycles. The number of imidazole rings is 2. The molecule has 17 heteroatoms. The van der Waals surface area contributed by atoms with E-state index in [1.165, 1.54) is 18.7 Å². The van der Waals surface area contributed by atoms with Gasteiger partial charge in [0.15, 0.2) is 11.5 Å². The minimum atomic E-state index is -1.35. The highest BCUT2D eigenvalue weighted by atomic mass is 32.2. The van der Waals surface area contributed by atoms with Gasteiger partial charge < -0.3 is 51.9 Å². The van der Waals surface area contributed by atoms with Crippen LogP contribution in [0.1, 0.15) is 17.0 Å². The number of phenolic OH excluding ortho intramolecular Hbond substituents is 2. The van der Waals surface area contributed by atoms with Crippen LogP contribution in [0.2, 0.25) is 0 Å². The first-order valence-corrected chi connectivity index (χ1v) is 13.2. The molecule has 15 nitrogen and oxygen atoms in total. The molecule has 0 amide bonds. The number of carbonyl (C=O) groups is 3. The van der Waals surface area contributed by atoms with Crippen LogP contribution < -0.4 is 17.2 Å². The van der Waals surface area contributed by atoms with Crippen LogP contribution in [-0.2, 0) is 47.7 Å². The SMILES string of the molecule is Cn1cnc(CC(N)C(=O)O)c1Sc1c(CC(N)C(=O)O)cc(O)c(O)c1Sc1c(CC(N)C(=O)O)ncn1C. The number of aliphatic carboxylic acids is 3. The fourth-order valence-electron chi connectivity index (χ4n) is 3.61. The van der Waals surface area contributed by atoms with E-state index in [9.17, 15) is 39.9 Å². The number of carboxylic acid groups (broad SMARTS) is 3. The molecule has 3 unspecified atom stereocenters. The van der Waals surface area contributed by atoms with Crippen molar-refractivity contribution in [1.82, 2.24) is 19.1 Å². The molecular weight excluding hydrogens is 566 g/mol. The van der Waals surface area contributed by atoms with Crippen LogP contribution in [0.5, 0.6) is 11.5 Å². The Morgan fingerprint density at radius 2 is 1.18 bits per heavy atom. The summed E-state index contributed by atoms with van der Waals surface area (Å²) in [6, 6.07) is -2.64. The van der Waals surface area contributed by atoms with E-state index in [1.807, 2.05) is 0 Å². The van der Waals surface area contributed by atoms with Crippen molar-refractivity contribution in [2.24, 2.45) is 31.3 Å². The van der Waals surface area contributed by atoms with E-state index in [4.69, 9.17) is 17.2 Å². The predicted octanol–water partition coefficient (Wildman–Crippen LogP) is -0.270. The number of carboxylic acids is 3. The third-order valence-electron chi connectivity index (χ3n) is 5.79. The van der Waals surface area contributed by atoms with Crippen LogP contribution in [0.4, 0.5) is 0 Å². The number of nitrogens with zero attached hydrogens (tertiary/aromatic N) is 4. The average Bonchev–Trinajstić information content (AvgIpc) is 3.40. The van der Waals surface area contributed by atoms with E-state index in [0.717, 1.165) is 23.5 Å². The van der Waals surface area contributed by atoms with E-state index in [1.54, 1.807) is 23.2 Å². The molecule has 0 aliphatic rings. The second kappa shape index (κ2) is 12.6. The fraction of sp³-hybridized carbons (Fsp3) is 0.348. The normalized spacial score (nSPS) is 13.6. The second-order valence-corrected chi connectivity index (χ2v) is 10.9. The van der Waals surface area contributed by atoms with Crippen molar-refractivity contribution in [3.63, 3.8) is 0 Å². The number of hydrogen-bond donors (Lipinski definition) is 8. The van der Waals surface area contributed by atoms with E-state index < -0.39 is 47.5 Å². The lowest BCUT2D eigenvalue weighted by atomic mass is 10.1. The molecule has 3 atom stereocenters. The van der Waals surface area contributed by atoms with Gasteiger partial charge in [0.05, 0.1) is 28.9 Å². The second-order valence-electron chi connectivity index (χ2n) is 8.93. The first-order valence-electron chi connectivity index (χ1n) is 11.6. The van der Waals surface area contributed by atoms with Gasteiger partial charge in [-0.25, -0.2) is 9.97 Å². The van der Waals surface area contributed by atoms with Crippen molar-refractivity contribution < 1.29 is 39.9 Å². The molecule has 2 heterocycles. The molecule has 40 heavy (non-hydrogen) atoms. The molecule has 0 spiro atoms. The summed E-state index contributed by atoms with van der Waals surface area (Å²) in [5, 5.41) is 50.4. The highest BCUT2D eigenvalue weighted by Crippen LogP contribution is 2.50. The number of aromatic hydroxyl groups is 2. The van der Waals surface area contributed by atoms with E-state index in [-0.39, 0.29) is 29.7 Å². The summed E-state index contributed by atoms with van der Waals surface area (Å²) in [7, 11) is 3.30. The van der Waals surface area contributed by atoms with Crippen LogP contribution in [0.25, 0.3) is 0 Å². The smallest absolute Gasteiger partial charge is 0.320 e. The Bertz CT molecular complexity index is 1440. The van der Waals surface area contributed by atoms with E-state index >= 15 is 0 Å². The Kier molecular flexibility index (Phi) is 9.69. The van der Waals surface area contributed by atoms with Crippen molar-refractivity contribution in [2.75, 3.05) is 0 Å². The number of aryl methyl sites for hydroxylation is 2. The van der Waals surface area contributed by atoms with Gasteiger partial charge in [-0.05, 0) is 18.1 Å². The molecule has 0 radical (unpaired) electrons. The third kappa shape index (κ3) is 6.86. The molecule has 0 fully saturated rings.